The van der Waals surface area contributed by atoms with Gasteiger partial charge in [-0.1, -0.05) is 27.2 Å². The van der Waals surface area contributed by atoms with Gasteiger partial charge in [-0.25, -0.2) is 0 Å². The molecule has 0 aromatic heterocycles. The van der Waals surface area contributed by atoms with Crippen LogP contribution in [0.25, 0.3) is 0 Å². The van der Waals surface area contributed by atoms with E-state index in [0.29, 0.717) is 32.5 Å². The molecule has 1 rings (SSSR count). The molecule has 0 fully saturated rings. The number of amides is 2. The van der Waals surface area contributed by atoms with E-state index in [0.717, 1.165) is 18.6 Å². The molecule has 0 aliphatic heterocycles. The standard InChI is InChI=1S/C21H33N5O6/c1-6-9-10-22-19-17(25(29)30)12-15(13-18(19)26(31)32)20(27)23-16(11-14(4)5)21(28)24(7-2)8-3/h12-14,16,22H,6-11H2,1-5H3,(H,23,27)/t16-/m1/s1. The van der Waals surface area contributed by atoms with Crippen LogP contribution >= 0.6 is 0 Å². The Bertz CT molecular complexity index is 803. The van der Waals surface area contributed by atoms with Crippen molar-refractivity contribution in [2.24, 2.45) is 5.92 Å². The second kappa shape index (κ2) is 12.6. The van der Waals surface area contributed by atoms with Crippen molar-refractivity contribution in [2.45, 2.75) is 59.9 Å². The average Bonchev–Trinajstić information content (AvgIpc) is 2.73. The van der Waals surface area contributed by atoms with Crippen LogP contribution in [0.5, 0.6) is 0 Å². The van der Waals surface area contributed by atoms with E-state index in [2.05, 4.69) is 10.6 Å². The van der Waals surface area contributed by atoms with Gasteiger partial charge in [-0.3, -0.25) is 29.8 Å². The summed E-state index contributed by atoms with van der Waals surface area (Å²) in [7, 11) is 0. The predicted octanol–water partition coefficient (Wildman–Crippen LogP) is 3.73. The number of nitro benzene ring substituents is 2. The number of nitro groups is 2. The van der Waals surface area contributed by atoms with Gasteiger partial charge in [-0.15, -0.1) is 0 Å². The molecule has 2 amide bonds. The number of carbonyl (C=O) groups excluding carboxylic acids is 2. The zero-order valence-corrected chi connectivity index (χ0v) is 19.3. The summed E-state index contributed by atoms with van der Waals surface area (Å²) in [4.78, 5) is 49.0. The Labute approximate surface area is 187 Å². The van der Waals surface area contributed by atoms with Crippen LogP contribution in [-0.4, -0.2) is 52.2 Å². The van der Waals surface area contributed by atoms with E-state index in [1.54, 1.807) is 4.90 Å². The third-order valence-electron chi connectivity index (χ3n) is 4.97. The van der Waals surface area contributed by atoms with Gasteiger partial charge in [-0.2, -0.15) is 0 Å². The van der Waals surface area contributed by atoms with Gasteiger partial charge in [0, 0.05) is 31.8 Å². The molecule has 0 spiro atoms. The van der Waals surface area contributed by atoms with Crippen molar-refractivity contribution in [3.63, 3.8) is 0 Å². The van der Waals surface area contributed by atoms with Crippen molar-refractivity contribution >= 4 is 28.9 Å². The topological polar surface area (TPSA) is 148 Å². The molecule has 0 aliphatic rings. The SMILES string of the molecule is CCCCNc1c([N+](=O)[O-])cc(C(=O)N[C@H](CC(C)C)C(=O)N(CC)CC)cc1[N+](=O)[O-]. The summed E-state index contributed by atoms with van der Waals surface area (Å²) < 4.78 is 0. The third kappa shape index (κ3) is 7.17. The summed E-state index contributed by atoms with van der Waals surface area (Å²) in [6.45, 7) is 10.6. The first-order valence-corrected chi connectivity index (χ1v) is 10.9. The molecular formula is C21H33N5O6. The first kappa shape index (κ1) is 26.8. The lowest BCUT2D eigenvalue weighted by Crippen LogP contribution is -2.49. The zero-order valence-electron chi connectivity index (χ0n) is 19.3. The summed E-state index contributed by atoms with van der Waals surface area (Å²) >= 11 is 0. The highest BCUT2D eigenvalue weighted by molar-refractivity contribution is 6.00. The molecule has 1 aromatic carbocycles. The lowest BCUT2D eigenvalue weighted by molar-refractivity contribution is -0.392. The molecule has 11 nitrogen and oxygen atoms in total. The van der Waals surface area contributed by atoms with Crippen molar-refractivity contribution in [3.05, 3.63) is 37.9 Å². The maximum atomic E-state index is 12.9. The molecule has 2 N–H and O–H groups in total. The molecule has 1 atom stereocenters. The molecule has 32 heavy (non-hydrogen) atoms. The molecule has 1 aromatic rings. The lowest BCUT2D eigenvalue weighted by Gasteiger charge is -2.27. The molecule has 11 heteroatoms. The minimum atomic E-state index is -0.845. The van der Waals surface area contributed by atoms with E-state index in [-0.39, 0.29) is 23.1 Å². The van der Waals surface area contributed by atoms with Gasteiger partial charge in [0.15, 0.2) is 5.69 Å². The maximum absolute atomic E-state index is 12.9. The maximum Gasteiger partial charge on any atom is 0.300 e. The molecule has 0 saturated heterocycles. The number of hydrogen-bond acceptors (Lipinski definition) is 7. The van der Waals surface area contributed by atoms with Gasteiger partial charge in [0.05, 0.1) is 15.4 Å². The van der Waals surface area contributed by atoms with E-state index in [9.17, 15) is 29.8 Å². The fraction of sp³-hybridized carbons (Fsp3) is 0.619. The van der Waals surface area contributed by atoms with Gasteiger partial charge >= 0.3 is 0 Å². The summed E-state index contributed by atoms with van der Waals surface area (Å²) in [6.07, 6.45) is 1.83. The van der Waals surface area contributed by atoms with E-state index in [4.69, 9.17) is 0 Å². The quantitative estimate of drug-likeness (QED) is 0.264. The van der Waals surface area contributed by atoms with Crippen molar-refractivity contribution in [3.8, 4) is 0 Å². The minimum Gasteiger partial charge on any atom is -0.374 e. The summed E-state index contributed by atoms with van der Waals surface area (Å²) in [6, 6.07) is 1.17. The normalized spacial score (nSPS) is 11.7. The van der Waals surface area contributed by atoms with Gasteiger partial charge in [0.25, 0.3) is 17.3 Å². The number of nitrogens with one attached hydrogen (secondary N) is 2. The number of benzene rings is 1. The van der Waals surface area contributed by atoms with E-state index in [1.165, 1.54) is 0 Å². The fourth-order valence-corrected chi connectivity index (χ4v) is 3.29. The number of hydrogen-bond donors (Lipinski definition) is 2. The van der Waals surface area contributed by atoms with Crippen LogP contribution in [0.15, 0.2) is 12.1 Å². The smallest absolute Gasteiger partial charge is 0.300 e. The Kier molecular flexibility index (Phi) is 10.5. The summed E-state index contributed by atoms with van der Waals surface area (Å²) in [5.74, 6) is -0.949. The molecule has 178 valence electrons. The van der Waals surface area contributed by atoms with E-state index < -0.39 is 33.2 Å². The van der Waals surface area contributed by atoms with Gasteiger partial charge in [0.2, 0.25) is 5.91 Å². The molecule has 0 radical (unpaired) electrons. The molecule has 0 saturated carbocycles. The van der Waals surface area contributed by atoms with Crippen LogP contribution in [0.1, 0.15) is 64.2 Å². The number of nitrogens with zero attached hydrogens (tertiary/aromatic N) is 3. The van der Waals surface area contributed by atoms with Crippen LogP contribution in [0, 0.1) is 26.1 Å². The highest BCUT2D eigenvalue weighted by atomic mass is 16.6. The van der Waals surface area contributed by atoms with Gasteiger partial charge in [-0.05, 0) is 32.6 Å². The number of rotatable bonds is 13. The van der Waals surface area contributed by atoms with Gasteiger partial charge < -0.3 is 15.5 Å². The minimum absolute atomic E-state index is 0.0913. The Balaban J connectivity index is 3.36. The Morgan fingerprint density at radius 1 is 1.03 bits per heavy atom. The highest BCUT2D eigenvalue weighted by Crippen LogP contribution is 2.35. The van der Waals surface area contributed by atoms with Crippen LogP contribution in [0.2, 0.25) is 0 Å². The Hall–Kier alpha value is -3.24. The van der Waals surface area contributed by atoms with Crippen molar-refractivity contribution in [1.82, 2.24) is 10.2 Å². The molecule has 0 aliphatic carbocycles. The second-order valence-electron chi connectivity index (χ2n) is 7.85. The predicted molar refractivity (Wildman–Crippen MR) is 122 cm³/mol. The molecule has 0 heterocycles. The zero-order chi connectivity index (χ0) is 24.4. The van der Waals surface area contributed by atoms with Gasteiger partial charge in [0.1, 0.15) is 6.04 Å². The van der Waals surface area contributed by atoms with Crippen LogP contribution in [-0.2, 0) is 4.79 Å². The third-order valence-corrected chi connectivity index (χ3v) is 4.97. The molecule has 0 unspecified atom stereocenters. The highest BCUT2D eigenvalue weighted by Gasteiger charge is 2.31. The Morgan fingerprint density at radius 2 is 1.56 bits per heavy atom. The largest absolute Gasteiger partial charge is 0.374 e. The van der Waals surface area contributed by atoms with E-state index >= 15 is 0 Å². The molecule has 0 bridgehead atoms. The average molecular weight is 452 g/mol. The number of likely N-dealkylation sites (N-methyl/N-ethyl adjacent to an activating group) is 1. The number of anilines is 1. The number of carbonyl (C=O) groups is 2. The van der Waals surface area contributed by atoms with Crippen LogP contribution in [0.3, 0.4) is 0 Å². The van der Waals surface area contributed by atoms with Crippen LogP contribution in [0.4, 0.5) is 17.1 Å². The van der Waals surface area contributed by atoms with Crippen molar-refractivity contribution < 1.29 is 19.4 Å². The van der Waals surface area contributed by atoms with Crippen molar-refractivity contribution in [1.29, 1.82) is 0 Å². The van der Waals surface area contributed by atoms with Crippen molar-refractivity contribution in [2.75, 3.05) is 25.0 Å². The fourth-order valence-electron chi connectivity index (χ4n) is 3.29. The second-order valence-corrected chi connectivity index (χ2v) is 7.85. The first-order valence-electron chi connectivity index (χ1n) is 10.9. The summed E-state index contributed by atoms with van der Waals surface area (Å²) in [5, 5.41) is 28.6. The van der Waals surface area contributed by atoms with E-state index in [1.807, 2.05) is 34.6 Å². The monoisotopic (exact) mass is 451 g/mol. The first-order chi connectivity index (χ1) is 15.1. The lowest BCUT2D eigenvalue weighted by atomic mass is 10.0. The Morgan fingerprint density at radius 3 is 1.97 bits per heavy atom. The summed E-state index contributed by atoms with van der Waals surface area (Å²) in [5.41, 5.74) is -1.60. The number of unbranched alkanes of at least 4 members (excludes halogenated alkanes) is 1. The van der Waals surface area contributed by atoms with Crippen LogP contribution < -0.4 is 10.6 Å². The molecular weight excluding hydrogens is 418 g/mol.